The maximum Gasteiger partial charge on any atom is 0.573 e. The Kier molecular flexibility index (Phi) is 6.35. The number of alkyl halides is 3. The lowest BCUT2D eigenvalue weighted by molar-refractivity contribution is -0.274. The monoisotopic (exact) mass is 416 g/mol. The highest BCUT2D eigenvalue weighted by molar-refractivity contribution is 7.89. The zero-order chi connectivity index (χ0) is 21.1. The number of likely N-dealkylation sites (N-methyl/N-ethyl adjacent to an activating group) is 1. The van der Waals surface area contributed by atoms with Gasteiger partial charge in [0.25, 0.3) is 0 Å². The second-order valence-electron chi connectivity index (χ2n) is 6.08. The minimum absolute atomic E-state index is 0.420. The molecule has 0 aliphatic carbocycles. The van der Waals surface area contributed by atoms with E-state index in [2.05, 4.69) is 10.1 Å². The van der Waals surface area contributed by atoms with Crippen LogP contribution >= 0.6 is 0 Å². The van der Waals surface area contributed by atoms with Crippen molar-refractivity contribution < 1.29 is 31.1 Å². The highest BCUT2D eigenvalue weighted by atomic mass is 32.2. The van der Waals surface area contributed by atoms with Crippen LogP contribution in [-0.4, -0.2) is 38.6 Å². The number of carbonyl (C=O) groups excluding carboxylic acids is 1. The van der Waals surface area contributed by atoms with Crippen LogP contribution in [-0.2, 0) is 14.8 Å². The van der Waals surface area contributed by atoms with Crippen molar-refractivity contribution in [2.75, 3.05) is 18.9 Å². The number of benzene rings is 2. The number of nitrogens with zero attached hydrogens (tertiary/aromatic N) is 1. The highest BCUT2D eigenvalue weighted by Gasteiger charge is 2.32. The molecule has 0 aliphatic heterocycles. The fourth-order valence-electron chi connectivity index (χ4n) is 2.38. The molecular formula is C18H19F3N2O4S. The molecule has 2 rings (SSSR count). The fourth-order valence-corrected chi connectivity index (χ4v) is 3.54. The summed E-state index contributed by atoms with van der Waals surface area (Å²) in [5.41, 5.74) is 2.36. The highest BCUT2D eigenvalue weighted by Crippen LogP contribution is 2.26. The zero-order valence-corrected chi connectivity index (χ0v) is 16.2. The molecule has 152 valence electrons. The second-order valence-corrected chi connectivity index (χ2v) is 8.12. The molecule has 2 aromatic rings. The number of sulfonamides is 1. The molecular weight excluding hydrogens is 397 g/mol. The Morgan fingerprint density at radius 3 is 2.43 bits per heavy atom. The van der Waals surface area contributed by atoms with Crippen LogP contribution in [0.4, 0.5) is 18.9 Å². The first kappa shape index (κ1) is 21.7. The Labute approximate surface area is 161 Å². The number of rotatable bonds is 6. The van der Waals surface area contributed by atoms with Crippen molar-refractivity contribution in [2.24, 2.45) is 0 Å². The van der Waals surface area contributed by atoms with Crippen molar-refractivity contribution in [3.63, 3.8) is 0 Å². The number of hydrogen-bond acceptors (Lipinski definition) is 4. The van der Waals surface area contributed by atoms with Gasteiger partial charge in [0.1, 0.15) is 5.75 Å². The number of halogens is 3. The molecule has 0 atom stereocenters. The van der Waals surface area contributed by atoms with Crippen molar-refractivity contribution in [1.29, 1.82) is 0 Å². The van der Waals surface area contributed by atoms with E-state index in [4.69, 9.17) is 0 Å². The molecule has 0 spiro atoms. The van der Waals surface area contributed by atoms with Gasteiger partial charge in [-0.2, -0.15) is 4.31 Å². The molecule has 10 heteroatoms. The van der Waals surface area contributed by atoms with Crippen LogP contribution in [0, 0.1) is 13.8 Å². The molecule has 28 heavy (non-hydrogen) atoms. The molecule has 0 saturated carbocycles. The third kappa shape index (κ3) is 5.46. The third-order valence-electron chi connectivity index (χ3n) is 3.99. The first-order valence-corrected chi connectivity index (χ1v) is 9.52. The van der Waals surface area contributed by atoms with Crippen molar-refractivity contribution in [2.45, 2.75) is 25.1 Å². The van der Waals surface area contributed by atoms with E-state index < -0.39 is 39.5 Å². The maximum atomic E-state index is 12.6. The standard InChI is InChI=1S/C18H19F3N2O4S/c1-12-6-4-9-16(13(12)2)22-17(24)11-23(3)28(25,26)15-8-5-7-14(10-15)27-18(19,20)21/h4-10H,11H2,1-3H3,(H,22,24). The van der Waals surface area contributed by atoms with Crippen LogP contribution in [0.15, 0.2) is 47.4 Å². The number of ether oxygens (including phenoxy) is 1. The lowest BCUT2D eigenvalue weighted by atomic mass is 10.1. The van der Waals surface area contributed by atoms with E-state index in [9.17, 15) is 26.4 Å². The number of nitrogens with one attached hydrogen (secondary N) is 1. The van der Waals surface area contributed by atoms with E-state index in [0.717, 1.165) is 46.7 Å². The fraction of sp³-hybridized carbons (Fsp3) is 0.278. The number of anilines is 1. The third-order valence-corrected chi connectivity index (χ3v) is 5.79. The van der Waals surface area contributed by atoms with Gasteiger partial charge in [-0.15, -0.1) is 13.2 Å². The zero-order valence-electron chi connectivity index (χ0n) is 15.4. The van der Waals surface area contributed by atoms with Gasteiger partial charge in [-0.3, -0.25) is 4.79 Å². The number of aryl methyl sites for hydroxylation is 1. The largest absolute Gasteiger partial charge is 0.573 e. The summed E-state index contributed by atoms with van der Waals surface area (Å²) in [6, 6.07) is 9.30. The van der Waals surface area contributed by atoms with Gasteiger partial charge in [0.15, 0.2) is 0 Å². The lowest BCUT2D eigenvalue weighted by Gasteiger charge is -2.18. The van der Waals surface area contributed by atoms with Crippen molar-refractivity contribution in [1.82, 2.24) is 4.31 Å². The van der Waals surface area contributed by atoms with Gasteiger partial charge in [-0.05, 0) is 43.2 Å². The average Bonchev–Trinajstić information content (AvgIpc) is 2.57. The molecule has 0 saturated heterocycles. The SMILES string of the molecule is Cc1cccc(NC(=O)CN(C)S(=O)(=O)c2cccc(OC(F)(F)F)c2)c1C. The van der Waals surface area contributed by atoms with Gasteiger partial charge in [0, 0.05) is 18.8 Å². The molecule has 2 aromatic carbocycles. The lowest BCUT2D eigenvalue weighted by Crippen LogP contribution is -2.35. The predicted molar refractivity (Wildman–Crippen MR) is 97.5 cm³/mol. The Morgan fingerprint density at radius 1 is 1.14 bits per heavy atom. The van der Waals surface area contributed by atoms with Crippen LogP contribution in [0.3, 0.4) is 0 Å². The van der Waals surface area contributed by atoms with E-state index in [-0.39, 0.29) is 0 Å². The van der Waals surface area contributed by atoms with E-state index in [1.807, 2.05) is 19.9 Å². The predicted octanol–water partition coefficient (Wildman–Crippen LogP) is 3.46. The minimum Gasteiger partial charge on any atom is -0.406 e. The van der Waals surface area contributed by atoms with E-state index in [0.29, 0.717) is 5.69 Å². The van der Waals surface area contributed by atoms with E-state index in [1.54, 1.807) is 12.1 Å². The summed E-state index contributed by atoms with van der Waals surface area (Å²) in [4.78, 5) is 11.8. The van der Waals surface area contributed by atoms with Crippen LogP contribution < -0.4 is 10.1 Å². The molecule has 0 bridgehead atoms. The summed E-state index contributed by atoms with van der Waals surface area (Å²) in [5.74, 6) is -1.25. The van der Waals surface area contributed by atoms with Crippen LogP contribution in [0.5, 0.6) is 5.75 Å². The number of amides is 1. The van der Waals surface area contributed by atoms with Crippen LogP contribution in [0.2, 0.25) is 0 Å². The first-order valence-electron chi connectivity index (χ1n) is 8.08. The average molecular weight is 416 g/mol. The van der Waals surface area contributed by atoms with Gasteiger partial charge in [0.2, 0.25) is 15.9 Å². The molecule has 1 amide bonds. The van der Waals surface area contributed by atoms with Gasteiger partial charge in [-0.1, -0.05) is 18.2 Å². The Bertz CT molecular complexity index is 975. The molecule has 0 unspecified atom stereocenters. The summed E-state index contributed by atoms with van der Waals surface area (Å²) in [6.07, 6.45) is -4.94. The molecule has 0 fully saturated rings. The van der Waals surface area contributed by atoms with E-state index >= 15 is 0 Å². The normalized spacial score (nSPS) is 12.1. The molecule has 1 N–H and O–H groups in total. The summed E-state index contributed by atoms with van der Waals surface area (Å²) < 4.78 is 66.6. The van der Waals surface area contributed by atoms with Gasteiger partial charge in [-0.25, -0.2) is 8.42 Å². The Hall–Kier alpha value is -2.59. The summed E-state index contributed by atoms with van der Waals surface area (Å²) >= 11 is 0. The Morgan fingerprint density at radius 2 is 1.79 bits per heavy atom. The van der Waals surface area contributed by atoms with Crippen LogP contribution in [0.25, 0.3) is 0 Å². The summed E-state index contributed by atoms with van der Waals surface area (Å²) in [5, 5.41) is 2.63. The van der Waals surface area contributed by atoms with Crippen molar-refractivity contribution in [3.8, 4) is 5.75 Å². The molecule has 6 nitrogen and oxygen atoms in total. The maximum absolute atomic E-state index is 12.6. The van der Waals surface area contributed by atoms with Crippen molar-refractivity contribution >= 4 is 21.6 Å². The minimum atomic E-state index is -4.94. The van der Waals surface area contributed by atoms with Gasteiger partial charge < -0.3 is 10.1 Å². The summed E-state index contributed by atoms with van der Waals surface area (Å²) in [6.45, 7) is 3.18. The van der Waals surface area contributed by atoms with Crippen LogP contribution in [0.1, 0.15) is 11.1 Å². The number of hydrogen-bond donors (Lipinski definition) is 1. The quantitative estimate of drug-likeness (QED) is 0.783. The summed E-state index contributed by atoms with van der Waals surface area (Å²) in [7, 11) is -3.04. The topological polar surface area (TPSA) is 75.7 Å². The van der Waals surface area contributed by atoms with E-state index in [1.165, 1.54) is 0 Å². The smallest absolute Gasteiger partial charge is 0.406 e. The first-order chi connectivity index (χ1) is 12.9. The number of carbonyl (C=O) groups is 1. The van der Waals surface area contributed by atoms with Gasteiger partial charge >= 0.3 is 6.36 Å². The Balaban J connectivity index is 2.14. The molecule has 0 aromatic heterocycles. The molecule has 0 radical (unpaired) electrons. The molecule has 0 aliphatic rings. The van der Waals surface area contributed by atoms with Gasteiger partial charge in [0.05, 0.1) is 11.4 Å². The second kappa shape index (κ2) is 8.19. The molecule has 0 heterocycles. The van der Waals surface area contributed by atoms with Crippen molar-refractivity contribution in [3.05, 3.63) is 53.6 Å².